The number of anilines is 4. The summed E-state index contributed by atoms with van der Waals surface area (Å²) in [5.41, 5.74) is 6.26. The molecule has 2 aromatic heterocycles. The molecule has 45 heavy (non-hydrogen) atoms. The molecule has 9 nitrogen and oxygen atoms in total. The minimum Gasteiger partial charge on any atom is -0.363 e. The van der Waals surface area contributed by atoms with E-state index in [1.807, 2.05) is 36.4 Å². The predicted octanol–water partition coefficient (Wildman–Crippen LogP) is 7.24. The SMILES string of the molecule is Cc1cc(NC(=O)c2cccc(Nc3ccnc4[nH]nc(NC5CCCN(C(=O)c6ccc(F)cc6)C5)c34)c2)ccc1C(C)C. The number of amides is 2. The number of nitrogens with one attached hydrogen (secondary N) is 4. The summed E-state index contributed by atoms with van der Waals surface area (Å²) in [6, 6.07) is 20.8. The first-order chi connectivity index (χ1) is 21.7. The molecule has 0 saturated carbocycles. The normalized spacial score (nSPS) is 14.9. The van der Waals surface area contributed by atoms with Crippen molar-refractivity contribution in [1.82, 2.24) is 20.1 Å². The number of pyridine rings is 1. The van der Waals surface area contributed by atoms with Crippen LogP contribution in [0.3, 0.4) is 0 Å². The Morgan fingerprint density at radius 2 is 1.82 bits per heavy atom. The number of aromatic amines is 1. The monoisotopic (exact) mass is 605 g/mol. The molecule has 230 valence electrons. The van der Waals surface area contributed by atoms with E-state index in [1.165, 1.54) is 29.8 Å². The van der Waals surface area contributed by atoms with Crippen LogP contribution in [0.1, 0.15) is 64.4 Å². The summed E-state index contributed by atoms with van der Waals surface area (Å²) in [7, 11) is 0. The van der Waals surface area contributed by atoms with Gasteiger partial charge in [-0.1, -0.05) is 26.0 Å². The number of hydrogen-bond acceptors (Lipinski definition) is 6. The molecule has 1 atom stereocenters. The number of aryl methyl sites for hydroxylation is 1. The second-order valence-electron chi connectivity index (χ2n) is 11.8. The number of benzene rings is 3. The number of carbonyl (C=O) groups is 2. The molecule has 1 saturated heterocycles. The topological polar surface area (TPSA) is 115 Å². The molecule has 1 aliphatic rings. The van der Waals surface area contributed by atoms with E-state index in [2.05, 4.69) is 58.0 Å². The van der Waals surface area contributed by atoms with E-state index in [0.29, 0.717) is 41.6 Å². The van der Waals surface area contributed by atoms with Crippen molar-refractivity contribution in [3.8, 4) is 0 Å². The lowest BCUT2D eigenvalue weighted by molar-refractivity contribution is 0.0714. The minimum absolute atomic E-state index is 0.0343. The standard InChI is InChI=1S/C35H36FN7O2/c1-21(2)29-14-13-27(18-22(29)3)40-34(44)24-6-4-7-26(19-24)38-30-15-16-37-32-31(30)33(42-41-32)39-28-8-5-17-43(20-28)35(45)23-9-11-25(36)12-10-23/h4,6-7,9-16,18-19,21,28H,5,8,17,20H2,1-3H3,(H,40,44)(H3,37,38,39,41,42). The van der Waals surface area contributed by atoms with Crippen molar-refractivity contribution in [1.29, 1.82) is 0 Å². The number of nitrogens with zero attached hydrogens (tertiary/aromatic N) is 3. The Labute approximate surface area is 261 Å². The number of fused-ring (bicyclic) bond motifs is 1. The summed E-state index contributed by atoms with van der Waals surface area (Å²) in [6.45, 7) is 7.49. The molecule has 3 aromatic carbocycles. The second kappa shape index (κ2) is 12.8. The van der Waals surface area contributed by atoms with Gasteiger partial charge in [-0.15, -0.1) is 0 Å². The molecule has 4 N–H and O–H groups in total. The van der Waals surface area contributed by atoms with Gasteiger partial charge in [-0.3, -0.25) is 14.7 Å². The largest absolute Gasteiger partial charge is 0.363 e. The van der Waals surface area contributed by atoms with E-state index in [0.717, 1.165) is 40.9 Å². The highest BCUT2D eigenvalue weighted by Gasteiger charge is 2.26. The Bertz CT molecular complexity index is 1850. The summed E-state index contributed by atoms with van der Waals surface area (Å²) in [5, 5.41) is 18.2. The molecule has 3 heterocycles. The minimum atomic E-state index is -0.370. The summed E-state index contributed by atoms with van der Waals surface area (Å²) in [5.74, 6) is 0.348. The van der Waals surface area contributed by atoms with Crippen molar-refractivity contribution in [2.45, 2.75) is 45.6 Å². The van der Waals surface area contributed by atoms with Gasteiger partial charge in [0.15, 0.2) is 11.5 Å². The molecule has 0 aliphatic carbocycles. The number of likely N-dealkylation sites (tertiary alicyclic amines) is 1. The first-order valence-electron chi connectivity index (χ1n) is 15.2. The maximum absolute atomic E-state index is 13.4. The Kier molecular flexibility index (Phi) is 8.46. The first-order valence-corrected chi connectivity index (χ1v) is 15.2. The number of halogens is 1. The molecular formula is C35H36FN7O2. The van der Waals surface area contributed by atoms with E-state index in [9.17, 15) is 14.0 Å². The highest BCUT2D eigenvalue weighted by atomic mass is 19.1. The third kappa shape index (κ3) is 6.64. The maximum atomic E-state index is 13.4. The number of piperidine rings is 1. The molecule has 2 amide bonds. The Hall–Kier alpha value is -5.25. The van der Waals surface area contributed by atoms with Crippen molar-refractivity contribution in [3.05, 3.63) is 107 Å². The smallest absolute Gasteiger partial charge is 0.255 e. The third-order valence-electron chi connectivity index (χ3n) is 8.16. The molecule has 6 rings (SSSR count). The van der Waals surface area contributed by atoms with Crippen molar-refractivity contribution >= 4 is 45.7 Å². The molecule has 1 aliphatic heterocycles. The van der Waals surface area contributed by atoms with Crippen LogP contribution in [-0.4, -0.2) is 51.0 Å². The van der Waals surface area contributed by atoms with E-state index in [4.69, 9.17) is 0 Å². The summed E-state index contributed by atoms with van der Waals surface area (Å²) < 4.78 is 13.4. The molecule has 0 spiro atoms. The fraction of sp³-hybridized carbons (Fsp3) is 0.257. The molecule has 0 bridgehead atoms. The lowest BCUT2D eigenvalue weighted by Crippen LogP contribution is -2.45. The van der Waals surface area contributed by atoms with E-state index < -0.39 is 0 Å². The van der Waals surface area contributed by atoms with Gasteiger partial charge < -0.3 is 20.9 Å². The van der Waals surface area contributed by atoms with Crippen LogP contribution in [0.5, 0.6) is 0 Å². The van der Waals surface area contributed by atoms with Crippen LogP contribution in [-0.2, 0) is 0 Å². The van der Waals surface area contributed by atoms with E-state index in [-0.39, 0.29) is 23.7 Å². The van der Waals surface area contributed by atoms with Crippen LogP contribution < -0.4 is 16.0 Å². The predicted molar refractivity (Wildman–Crippen MR) is 176 cm³/mol. The van der Waals surface area contributed by atoms with Crippen LogP contribution in [0.25, 0.3) is 11.0 Å². The number of aromatic nitrogens is 3. The average molecular weight is 606 g/mol. The van der Waals surface area contributed by atoms with Gasteiger partial charge in [0.2, 0.25) is 0 Å². The lowest BCUT2D eigenvalue weighted by atomic mass is 9.97. The zero-order valence-corrected chi connectivity index (χ0v) is 25.5. The number of carbonyl (C=O) groups excluding carboxylic acids is 2. The summed E-state index contributed by atoms with van der Waals surface area (Å²) in [4.78, 5) is 32.5. The lowest BCUT2D eigenvalue weighted by Gasteiger charge is -2.33. The summed E-state index contributed by atoms with van der Waals surface area (Å²) >= 11 is 0. The quantitative estimate of drug-likeness (QED) is 0.148. The van der Waals surface area contributed by atoms with Gasteiger partial charge in [-0.25, -0.2) is 9.37 Å². The molecule has 5 aromatic rings. The van der Waals surface area contributed by atoms with Crippen molar-refractivity contribution in [2.24, 2.45) is 0 Å². The number of rotatable bonds is 8. The van der Waals surface area contributed by atoms with Crippen LogP contribution in [0.2, 0.25) is 0 Å². The van der Waals surface area contributed by atoms with Gasteiger partial charge in [0, 0.05) is 47.8 Å². The molecule has 1 fully saturated rings. The number of hydrogen-bond donors (Lipinski definition) is 4. The summed E-state index contributed by atoms with van der Waals surface area (Å²) in [6.07, 6.45) is 3.38. The van der Waals surface area contributed by atoms with Crippen LogP contribution >= 0.6 is 0 Å². The zero-order chi connectivity index (χ0) is 31.5. The average Bonchev–Trinajstić information content (AvgIpc) is 3.44. The molecule has 10 heteroatoms. The number of H-pyrrole nitrogens is 1. The van der Waals surface area contributed by atoms with E-state index >= 15 is 0 Å². The van der Waals surface area contributed by atoms with Crippen molar-refractivity contribution in [3.63, 3.8) is 0 Å². The fourth-order valence-corrected chi connectivity index (χ4v) is 5.91. The highest BCUT2D eigenvalue weighted by Crippen LogP contribution is 2.31. The van der Waals surface area contributed by atoms with Crippen LogP contribution in [0.15, 0.2) is 79.0 Å². The van der Waals surface area contributed by atoms with Gasteiger partial charge in [0.1, 0.15) is 5.82 Å². The van der Waals surface area contributed by atoms with Crippen LogP contribution in [0.4, 0.5) is 27.3 Å². The molecule has 1 unspecified atom stereocenters. The van der Waals surface area contributed by atoms with Crippen LogP contribution in [0, 0.1) is 12.7 Å². The van der Waals surface area contributed by atoms with Gasteiger partial charge in [0.05, 0.1) is 11.1 Å². The first kappa shape index (κ1) is 29.8. The van der Waals surface area contributed by atoms with Crippen molar-refractivity contribution in [2.75, 3.05) is 29.0 Å². The maximum Gasteiger partial charge on any atom is 0.255 e. The third-order valence-corrected chi connectivity index (χ3v) is 8.16. The van der Waals surface area contributed by atoms with Gasteiger partial charge in [0.25, 0.3) is 11.8 Å². The van der Waals surface area contributed by atoms with E-state index in [1.54, 1.807) is 17.2 Å². The fourth-order valence-electron chi connectivity index (χ4n) is 5.91. The zero-order valence-electron chi connectivity index (χ0n) is 25.5. The Balaban J connectivity index is 1.17. The highest BCUT2D eigenvalue weighted by molar-refractivity contribution is 6.05. The Morgan fingerprint density at radius 3 is 2.60 bits per heavy atom. The molecule has 0 radical (unpaired) electrons. The van der Waals surface area contributed by atoms with Gasteiger partial charge >= 0.3 is 0 Å². The van der Waals surface area contributed by atoms with Gasteiger partial charge in [-0.05, 0) is 97.5 Å². The Morgan fingerprint density at radius 1 is 1.00 bits per heavy atom. The van der Waals surface area contributed by atoms with Gasteiger partial charge in [-0.2, -0.15) is 5.10 Å². The molecular weight excluding hydrogens is 569 g/mol. The second-order valence-corrected chi connectivity index (χ2v) is 11.8. The van der Waals surface area contributed by atoms with Crippen molar-refractivity contribution < 1.29 is 14.0 Å².